The molecule has 0 aliphatic carbocycles. The van der Waals surface area contributed by atoms with Crippen LogP contribution in [0.4, 0.5) is 0 Å². The normalized spacial score (nSPS) is 12.9. The molecule has 0 N–H and O–H groups in total. The molecule has 0 amide bonds. The fourth-order valence-electron chi connectivity index (χ4n) is 7.30. The molecule has 1 atom stereocenters. The zero-order chi connectivity index (χ0) is 49.3. The van der Waals surface area contributed by atoms with E-state index in [9.17, 15) is 14.4 Å². The van der Waals surface area contributed by atoms with Crippen LogP contribution < -0.4 is 0 Å². The number of carbonyl (C=O) groups excluding carboxylic acids is 3. The lowest BCUT2D eigenvalue weighted by molar-refractivity contribution is -0.167. The Bertz CT molecular complexity index is 1410. The third-order valence-corrected chi connectivity index (χ3v) is 11.5. The SMILES string of the molecule is CC/C=C\C/C=C\C/C=C\C/C=C\C/C=C\C/C=C\CCCCCCCCC(=O)OCC(COC(=O)CCCCCCC/C=C\CCC)OC(=O)CCCCCCC/C=C\C/C=C\CCCCC. The lowest BCUT2D eigenvalue weighted by Crippen LogP contribution is -2.30. The Morgan fingerprint density at radius 3 is 0.971 bits per heavy atom. The number of esters is 3. The van der Waals surface area contributed by atoms with Gasteiger partial charge in [-0.15, -0.1) is 0 Å². The molecule has 0 radical (unpaired) electrons. The molecule has 0 saturated carbocycles. The molecule has 0 spiro atoms. The van der Waals surface area contributed by atoms with Gasteiger partial charge in [-0.3, -0.25) is 14.4 Å². The van der Waals surface area contributed by atoms with E-state index in [1.807, 2.05) is 0 Å². The number of rotatable bonds is 49. The van der Waals surface area contributed by atoms with Crippen molar-refractivity contribution >= 4 is 17.9 Å². The van der Waals surface area contributed by atoms with Crippen molar-refractivity contribution in [1.29, 1.82) is 0 Å². The Balaban J connectivity index is 4.35. The van der Waals surface area contributed by atoms with Gasteiger partial charge in [0.05, 0.1) is 0 Å². The number of carbonyl (C=O) groups is 3. The summed E-state index contributed by atoms with van der Waals surface area (Å²) in [6.45, 7) is 6.40. The van der Waals surface area contributed by atoms with E-state index < -0.39 is 6.10 Å². The van der Waals surface area contributed by atoms with E-state index in [1.54, 1.807) is 0 Å². The molecular formula is C62H102O6. The average molecular weight is 943 g/mol. The topological polar surface area (TPSA) is 78.9 Å². The lowest BCUT2D eigenvalue weighted by Gasteiger charge is -2.18. The summed E-state index contributed by atoms with van der Waals surface area (Å²) in [6.07, 6.45) is 75.1. The molecule has 6 heteroatoms. The molecule has 386 valence electrons. The van der Waals surface area contributed by atoms with Gasteiger partial charge < -0.3 is 14.2 Å². The summed E-state index contributed by atoms with van der Waals surface area (Å²) >= 11 is 0. The maximum Gasteiger partial charge on any atom is 0.306 e. The van der Waals surface area contributed by atoms with Crippen LogP contribution in [0.1, 0.15) is 245 Å². The standard InChI is InChI=1S/C62H102O6/c1-4-7-10-13-16-19-22-24-26-27-28-29-30-31-32-33-34-35-37-38-40-43-46-49-52-55-61(64)67-58-59(57-66-60(63)54-51-48-45-42-21-18-15-12-9-6-3)68-62(65)56-53-50-47-44-41-39-36-25-23-20-17-14-11-8-5-2/h7,10,12,15-17,19-20,24-26,28-29,31-32,34-36,59H,4-6,8-9,11,13-14,18,21-23,27,30,33,37-58H2,1-3H3/b10-7-,15-12-,19-16-,20-17-,26-24-,29-28-,32-31-,35-34-,36-25-. The van der Waals surface area contributed by atoms with Crippen LogP contribution in [-0.2, 0) is 28.6 Å². The Hall–Kier alpha value is -3.93. The van der Waals surface area contributed by atoms with Gasteiger partial charge >= 0.3 is 17.9 Å². The number of hydrogen-bond donors (Lipinski definition) is 0. The van der Waals surface area contributed by atoms with Crippen molar-refractivity contribution < 1.29 is 28.6 Å². The largest absolute Gasteiger partial charge is 0.462 e. The first kappa shape index (κ1) is 64.1. The summed E-state index contributed by atoms with van der Waals surface area (Å²) < 4.78 is 16.8. The van der Waals surface area contributed by atoms with E-state index in [0.29, 0.717) is 19.3 Å². The number of hydrogen-bond acceptors (Lipinski definition) is 6. The number of allylic oxidation sites excluding steroid dienone is 18. The van der Waals surface area contributed by atoms with E-state index in [4.69, 9.17) is 14.2 Å². The minimum atomic E-state index is -0.796. The van der Waals surface area contributed by atoms with Crippen molar-refractivity contribution in [3.8, 4) is 0 Å². The number of ether oxygens (including phenoxy) is 3. The average Bonchev–Trinajstić information content (AvgIpc) is 3.34. The number of unbranched alkanes of at least 4 members (excludes halogenated alkanes) is 20. The Labute approximate surface area is 419 Å². The van der Waals surface area contributed by atoms with Crippen molar-refractivity contribution in [3.05, 3.63) is 109 Å². The fraction of sp³-hybridized carbons (Fsp3) is 0.661. The first-order valence-corrected chi connectivity index (χ1v) is 27.9. The Kier molecular flexibility index (Phi) is 52.4. The predicted molar refractivity (Wildman–Crippen MR) is 293 cm³/mol. The summed E-state index contributed by atoms with van der Waals surface area (Å²) in [5.74, 6) is -0.936. The van der Waals surface area contributed by atoms with Gasteiger partial charge in [0.25, 0.3) is 0 Å². The van der Waals surface area contributed by atoms with Crippen LogP contribution in [-0.4, -0.2) is 37.2 Å². The van der Waals surface area contributed by atoms with Crippen molar-refractivity contribution in [2.24, 2.45) is 0 Å². The van der Waals surface area contributed by atoms with Crippen molar-refractivity contribution in [2.45, 2.75) is 252 Å². The summed E-state index contributed by atoms with van der Waals surface area (Å²) in [7, 11) is 0. The minimum absolute atomic E-state index is 0.0946. The summed E-state index contributed by atoms with van der Waals surface area (Å²) in [5.41, 5.74) is 0. The zero-order valence-corrected chi connectivity index (χ0v) is 44.1. The van der Waals surface area contributed by atoms with Crippen LogP contribution in [0.25, 0.3) is 0 Å². The van der Waals surface area contributed by atoms with Gasteiger partial charge in [0.2, 0.25) is 0 Å². The molecule has 0 aliphatic heterocycles. The minimum Gasteiger partial charge on any atom is -0.462 e. The van der Waals surface area contributed by atoms with Crippen molar-refractivity contribution in [1.82, 2.24) is 0 Å². The molecule has 0 saturated heterocycles. The predicted octanol–water partition coefficient (Wildman–Crippen LogP) is 18.7. The van der Waals surface area contributed by atoms with E-state index in [2.05, 4.69) is 130 Å². The van der Waals surface area contributed by atoms with Crippen LogP contribution in [0.2, 0.25) is 0 Å². The smallest absolute Gasteiger partial charge is 0.306 e. The molecule has 0 aliphatic rings. The van der Waals surface area contributed by atoms with Gasteiger partial charge in [-0.2, -0.15) is 0 Å². The quantitative estimate of drug-likeness (QED) is 0.0262. The van der Waals surface area contributed by atoms with Gasteiger partial charge in [0.15, 0.2) is 6.10 Å². The maximum absolute atomic E-state index is 12.8. The van der Waals surface area contributed by atoms with E-state index in [1.165, 1.54) is 51.4 Å². The molecule has 6 nitrogen and oxygen atoms in total. The van der Waals surface area contributed by atoms with Crippen LogP contribution >= 0.6 is 0 Å². The third-order valence-electron chi connectivity index (χ3n) is 11.5. The molecule has 68 heavy (non-hydrogen) atoms. The molecule has 0 aromatic rings. The van der Waals surface area contributed by atoms with Gasteiger partial charge in [0, 0.05) is 19.3 Å². The third kappa shape index (κ3) is 53.0. The second-order valence-corrected chi connectivity index (χ2v) is 18.1. The van der Waals surface area contributed by atoms with Gasteiger partial charge in [-0.25, -0.2) is 0 Å². The van der Waals surface area contributed by atoms with Crippen LogP contribution in [0.3, 0.4) is 0 Å². The lowest BCUT2D eigenvalue weighted by atomic mass is 10.1. The van der Waals surface area contributed by atoms with E-state index in [-0.39, 0.29) is 31.1 Å². The first-order valence-electron chi connectivity index (χ1n) is 27.9. The first-order chi connectivity index (χ1) is 33.5. The zero-order valence-electron chi connectivity index (χ0n) is 44.1. The summed E-state index contributed by atoms with van der Waals surface area (Å²) in [5, 5.41) is 0. The molecule has 0 fully saturated rings. The van der Waals surface area contributed by atoms with Gasteiger partial charge in [-0.1, -0.05) is 214 Å². The molecule has 0 aromatic heterocycles. The molecule has 0 aromatic carbocycles. The highest BCUT2D eigenvalue weighted by Crippen LogP contribution is 2.13. The molecule has 1 unspecified atom stereocenters. The van der Waals surface area contributed by atoms with Crippen molar-refractivity contribution in [2.75, 3.05) is 13.2 Å². The maximum atomic E-state index is 12.8. The summed E-state index contributed by atoms with van der Waals surface area (Å²) in [6, 6.07) is 0. The highest BCUT2D eigenvalue weighted by molar-refractivity contribution is 5.71. The van der Waals surface area contributed by atoms with Gasteiger partial charge in [0.1, 0.15) is 13.2 Å². The monoisotopic (exact) mass is 943 g/mol. The fourth-order valence-corrected chi connectivity index (χ4v) is 7.30. The van der Waals surface area contributed by atoms with E-state index >= 15 is 0 Å². The van der Waals surface area contributed by atoms with Crippen molar-refractivity contribution in [3.63, 3.8) is 0 Å². The van der Waals surface area contributed by atoms with Crippen LogP contribution in [0, 0.1) is 0 Å². The molecule has 0 rings (SSSR count). The second kappa shape index (κ2) is 55.7. The highest BCUT2D eigenvalue weighted by atomic mass is 16.6. The highest BCUT2D eigenvalue weighted by Gasteiger charge is 2.19. The van der Waals surface area contributed by atoms with Crippen LogP contribution in [0.5, 0.6) is 0 Å². The molecule has 0 bridgehead atoms. The van der Waals surface area contributed by atoms with E-state index in [0.717, 1.165) is 154 Å². The molecular weight excluding hydrogens is 841 g/mol. The summed E-state index contributed by atoms with van der Waals surface area (Å²) in [4.78, 5) is 38.0. The van der Waals surface area contributed by atoms with Gasteiger partial charge in [-0.05, 0) is 122 Å². The molecule has 0 heterocycles. The Morgan fingerprint density at radius 2 is 0.603 bits per heavy atom. The van der Waals surface area contributed by atoms with Crippen LogP contribution in [0.15, 0.2) is 109 Å². The Morgan fingerprint density at radius 1 is 0.309 bits per heavy atom. The second-order valence-electron chi connectivity index (χ2n) is 18.1.